The second kappa shape index (κ2) is 17.5. The molecule has 0 atom stereocenters. The van der Waals surface area contributed by atoms with E-state index in [1.165, 1.54) is 54.2 Å². The van der Waals surface area contributed by atoms with Crippen LogP contribution in [0.25, 0.3) is 54.2 Å². The van der Waals surface area contributed by atoms with Gasteiger partial charge in [0.25, 0.3) is 0 Å². The van der Waals surface area contributed by atoms with Gasteiger partial charge in [-0.3, -0.25) is 0 Å². The van der Waals surface area contributed by atoms with Gasteiger partial charge >= 0.3 is 7.69 Å². The SMILES string of the molecule is Brc1ccc2c(ccc3cc(-c4ccccc4)ccc32)c1.Brc1ccc2c(ccc3cc(Br)ccc32)c1.C.O[B]Oc1ccccc1.[B]. The third kappa shape index (κ3) is 8.97. The summed E-state index contributed by atoms with van der Waals surface area (Å²) in [4.78, 5) is 0. The predicted molar refractivity (Wildman–Crippen MR) is 219 cm³/mol. The molecule has 0 saturated carbocycles. The Morgan fingerprint density at radius 2 is 0.792 bits per heavy atom. The van der Waals surface area contributed by atoms with Crippen LogP contribution in [0.2, 0.25) is 0 Å². The van der Waals surface area contributed by atoms with Gasteiger partial charge in [0.15, 0.2) is 0 Å². The zero-order valence-electron chi connectivity index (χ0n) is 25.2. The van der Waals surface area contributed by atoms with Crippen molar-refractivity contribution in [2.75, 3.05) is 0 Å². The first kappa shape index (κ1) is 37.0. The lowest BCUT2D eigenvalue weighted by Crippen LogP contribution is -1.98. The standard InChI is InChI=1S/C20H13Br.C14H8Br2.C6H6BO2.CH4.B/c21-18-9-11-20-17(13-18)7-6-16-12-15(8-10-19(16)20)14-4-2-1-3-5-14;15-11-3-5-13-9(7-11)1-2-10-8-12(16)4-6-14(10)13;8-7-9-6-4-2-1-3-5-6;;/h1-13H;1-8H;1-5,8H;1H4;. The van der Waals surface area contributed by atoms with Crippen molar-refractivity contribution >= 4 is 107 Å². The predicted octanol–water partition coefficient (Wildman–Crippen LogP) is 12.8. The van der Waals surface area contributed by atoms with Gasteiger partial charge in [0, 0.05) is 21.8 Å². The molecule has 0 fully saturated rings. The van der Waals surface area contributed by atoms with Gasteiger partial charge in [0.1, 0.15) is 0 Å². The maximum absolute atomic E-state index is 8.17. The Hall–Kier alpha value is -3.87. The molecule has 0 unspecified atom stereocenters. The molecule has 8 aromatic carbocycles. The van der Waals surface area contributed by atoms with Crippen LogP contribution in [0.15, 0.2) is 171 Å². The molecule has 2 nitrogen and oxygen atoms in total. The fourth-order valence-electron chi connectivity index (χ4n) is 5.43. The van der Waals surface area contributed by atoms with Crippen LogP contribution in [-0.2, 0) is 0 Å². The highest BCUT2D eigenvalue weighted by Crippen LogP contribution is 2.32. The highest BCUT2D eigenvalue weighted by atomic mass is 79.9. The molecule has 0 aliphatic rings. The highest BCUT2D eigenvalue weighted by molar-refractivity contribution is 9.11. The molecule has 1 N–H and O–H groups in total. The zero-order valence-corrected chi connectivity index (χ0v) is 29.9. The van der Waals surface area contributed by atoms with E-state index in [1.807, 2.05) is 18.2 Å². The fraction of sp³-hybridized carbons (Fsp3) is 0.0244. The van der Waals surface area contributed by atoms with E-state index in [2.05, 4.69) is 180 Å². The minimum atomic E-state index is 0. The summed E-state index contributed by atoms with van der Waals surface area (Å²) in [7, 11) is 0.662. The maximum Gasteiger partial charge on any atom is 0.569 e. The van der Waals surface area contributed by atoms with Crippen LogP contribution in [0.4, 0.5) is 0 Å². The van der Waals surface area contributed by atoms with E-state index in [4.69, 9.17) is 5.02 Å². The maximum atomic E-state index is 8.17. The van der Waals surface area contributed by atoms with Gasteiger partial charge in [-0.1, -0.05) is 158 Å². The van der Waals surface area contributed by atoms with E-state index < -0.39 is 0 Å². The Kier molecular flexibility index (Phi) is 13.5. The van der Waals surface area contributed by atoms with Gasteiger partial charge < -0.3 is 9.68 Å². The lowest BCUT2D eigenvalue weighted by atomic mass is 9.97. The summed E-state index contributed by atoms with van der Waals surface area (Å²) >= 11 is 10.5. The molecule has 0 aliphatic carbocycles. The van der Waals surface area contributed by atoms with Gasteiger partial charge in [-0.15, -0.1) is 0 Å². The van der Waals surface area contributed by atoms with Crippen LogP contribution in [-0.4, -0.2) is 21.1 Å². The molecular weight excluding hydrogens is 786 g/mol. The Bertz CT molecular complexity index is 2200. The average molecular weight is 817 g/mol. The van der Waals surface area contributed by atoms with Gasteiger partial charge in [-0.05, 0) is 109 Å². The summed E-state index contributed by atoms with van der Waals surface area (Å²) in [5.74, 6) is 0.639. The second-order valence-corrected chi connectivity index (χ2v) is 13.3. The number of hydrogen-bond donors (Lipinski definition) is 1. The highest BCUT2D eigenvalue weighted by Gasteiger charge is 2.04. The van der Waals surface area contributed by atoms with Crippen molar-refractivity contribution in [3.05, 3.63) is 171 Å². The van der Waals surface area contributed by atoms with Crippen molar-refractivity contribution in [2.45, 2.75) is 7.43 Å². The molecule has 0 aromatic heterocycles. The number of hydrogen-bond acceptors (Lipinski definition) is 2. The number of fused-ring (bicyclic) bond motifs is 6. The molecule has 48 heavy (non-hydrogen) atoms. The third-order valence-electron chi connectivity index (χ3n) is 7.60. The average Bonchev–Trinajstić information content (AvgIpc) is 3.09. The number of benzene rings is 8. The molecule has 8 aromatic rings. The molecule has 0 saturated heterocycles. The Morgan fingerprint density at radius 3 is 1.21 bits per heavy atom. The molecule has 0 amide bonds. The first-order valence-corrected chi connectivity index (χ1v) is 17.0. The monoisotopic (exact) mass is 814 g/mol. The molecule has 8 rings (SSSR count). The minimum absolute atomic E-state index is 0. The summed E-state index contributed by atoms with van der Waals surface area (Å²) in [6, 6.07) is 54.3. The van der Waals surface area contributed by atoms with Gasteiger partial charge in [0.05, 0.1) is 5.75 Å². The Labute approximate surface area is 310 Å². The van der Waals surface area contributed by atoms with E-state index in [9.17, 15) is 0 Å². The quantitative estimate of drug-likeness (QED) is 0.142. The van der Waals surface area contributed by atoms with Crippen LogP contribution >= 0.6 is 47.8 Å². The lowest BCUT2D eigenvalue weighted by molar-refractivity contribution is 0.454. The van der Waals surface area contributed by atoms with Gasteiger partial charge in [-0.25, -0.2) is 0 Å². The first-order chi connectivity index (χ1) is 22.5. The van der Waals surface area contributed by atoms with E-state index >= 15 is 0 Å². The second-order valence-electron chi connectivity index (χ2n) is 10.6. The number of halogens is 3. The van der Waals surface area contributed by atoms with Crippen molar-refractivity contribution in [1.29, 1.82) is 0 Å². The molecular formula is C41H31B2Br3O2. The van der Waals surface area contributed by atoms with Gasteiger partial charge in [-0.2, -0.15) is 0 Å². The molecule has 0 spiro atoms. The fourth-order valence-corrected chi connectivity index (χ4v) is 6.56. The molecule has 0 heterocycles. The molecule has 0 aliphatic heterocycles. The summed E-state index contributed by atoms with van der Waals surface area (Å²) in [5.41, 5.74) is 2.52. The van der Waals surface area contributed by atoms with Crippen LogP contribution < -0.4 is 4.65 Å². The number of para-hydroxylation sites is 1. The minimum Gasteiger partial charge on any atom is -0.537 e. The topological polar surface area (TPSA) is 29.5 Å². The van der Waals surface area contributed by atoms with Crippen LogP contribution in [0.3, 0.4) is 0 Å². The van der Waals surface area contributed by atoms with Crippen molar-refractivity contribution in [3.63, 3.8) is 0 Å². The molecule has 4 radical (unpaired) electrons. The van der Waals surface area contributed by atoms with Crippen LogP contribution in [0, 0.1) is 0 Å². The molecule has 7 heteroatoms. The first-order valence-electron chi connectivity index (χ1n) is 14.6. The van der Waals surface area contributed by atoms with E-state index in [-0.39, 0.29) is 15.8 Å². The lowest BCUT2D eigenvalue weighted by Gasteiger charge is -2.07. The van der Waals surface area contributed by atoms with Crippen molar-refractivity contribution in [2.24, 2.45) is 0 Å². The van der Waals surface area contributed by atoms with Gasteiger partial charge in [0.2, 0.25) is 0 Å². The van der Waals surface area contributed by atoms with Crippen molar-refractivity contribution in [3.8, 4) is 16.9 Å². The molecule has 234 valence electrons. The Morgan fingerprint density at radius 1 is 0.417 bits per heavy atom. The van der Waals surface area contributed by atoms with E-state index in [0.717, 1.165) is 13.4 Å². The number of rotatable bonds is 3. The van der Waals surface area contributed by atoms with Crippen molar-refractivity contribution in [1.82, 2.24) is 0 Å². The normalized spacial score (nSPS) is 10.2. The van der Waals surface area contributed by atoms with E-state index in [0.29, 0.717) is 13.4 Å². The largest absolute Gasteiger partial charge is 0.569 e. The Balaban J connectivity index is 0.000000172. The summed E-state index contributed by atoms with van der Waals surface area (Å²) in [6.07, 6.45) is 0. The summed E-state index contributed by atoms with van der Waals surface area (Å²) < 4.78 is 8.00. The summed E-state index contributed by atoms with van der Waals surface area (Å²) in [5, 5.41) is 18.5. The van der Waals surface area contributed by atoms with Crippen LogP contribution in [0.5, 0.6) is 5.75 Å². The third-order valence-corrected chi connectivity index (χ3v) is 9.08. The summed E-state index contributed by atoms with van der Waals surface area (Å²) in [6.45, 7) is 0. The molecule has 0 bridgehead atoms. The van der Waals surface area contributed by atoms with E-state index in [1.54, 1.807) is 12.1 Å². The van der Waals surface area contributed by atoms with Crippen molar-refractivity contribution < 1.29 is 9.68 Å². The smallest absolute Gasteiger partial charge is 0.537 e. The van der Waals surface area contributed by atoms with Crippen LogP contribution in [0.1, 0.15) is 7.43 Å². The zero-order chi connectivity index (χ0) is 31.9.